The molecule has 1 aromatic rings. The van der Waals surface area contributed by atoms with Gasteiger partial charge in [0.05, 0.1) is 0 Å². The van der Waals surface area contributed by atoms with Gasteiger partial charge >= 0.3 is 0 Å². The smallest absolute Gasteiger partial charge is 0.221 e. The molecule has 5 nitrogen and oxygen atoms in total. The number of aliphatic hydroxyl groups excluding tert-OH is 1. The Morgan fingerprint density at radius 1 is 1.50 bits per heavy atom. The summed E-state index contributed by atoms with van der Waals surface area (Å²) in [6.07, 6.45) is -0.198. The lowest BCUT2D eigenvalue weighted by Gasteiger charge is -2.13. The summed E-state index contributed by atoms with van der Waals surface area (Å²) >= 11 is 3.35. The summed E-state index contributed by atoms with van der Waals surface area (Å²) in [6, 6.07) is 7.46. The molecule has 0 radical (unpaired) electrons. The zero-order chi connectivity index (χ0) is 14.8. The van der Waals surface area contributed by atoms with Gasteiger partial charge < -0.3 is 20.5 Å². The van der Waals surface area contributed by atoms with Crippen molar-refractivity contribution in [1.82, 2.24) is 10.6 Å². The number of carbonyl (C=O) groups excluding carboxylic acids is 1. The highest BCUT2D eigenvalue weighted by Gasteiger charge is 2.06. The van der Waals surface area contributed by atoms with E-state index in [1.807, 2.05) is 31.2 Å². The molecule has 112 valence electrons. The van der Waals surface area contributed by atoms with Crippen molar-refractivity contribution in [3.63, 3.8) is 0 Å². The minimum atomic E-state index is -0.608. The topological polar surface area (TPSA) is 70.6 Å². The highest BCUT2D eigenvalue weighted by atomic mass is 79.9. The van der Waals surface area contributed by atoms with Crippen LogP contribution in [0.4, 0.5) is 0 Å². The molecule has 0 aliphatic heterocycles. The third-order valence-corrected chi connectivity index (χ3v) is 3.01. The highest BCUT2D eigenvalue weighted by Crippen LogP contribution is 2.17. The van der Waals surface area contributed by atoms with Gasteiger partial charge in [-0.2, -0.15) is 0 Å². The molecule has 0 saturated heterocycles. The zero-order valence-corrected chi connectivity index (χ0v) is 13.1. The number of benzene rings is 1. The maximum absolute atomic E-state index is 11.2. The Morgan fingerprint density at radius 3 is 3.00 bits per heavy atom. The molecule has 1 atom stereocenters. The molecule has 0 spiro atoms. The summed E-state index contributed by atoms with van der Waals surface area (Å²) in [4.78, 5) is 11.2. The first-order valence-corrected chi connectivity index (χ1v) is 7.45. The van der Waals surface area contributed by atoms with Crippen molar-refractivity contribution in [3.05, 3.63) is 28.7 Å². The van der Waals surface area contributed by atoms with Crippen molar-refractivity contribution in [2.24, 2.45) is 0 Å². The van der Waals surface area contributed by atoms with E-state index in [-0.39, 0.29) is 12.5 Å². The van der Waals surface area contributed by atoms with Crippen LogP contribution in [0.25, 0.3) is 0 Å². The Morgan fingerprint density at radius 2 is 2.30 bits per heavy atom. The molecule has 1 rings (SSSR count). The molecule has 0 bridgehead atoms. The Bertz CT molecular complexity index is 415. The number of halogens is 1. The predicted molar refractivity (Wildman–Crippen MR) is 81.8 cm³/mol. The van der Waals surface area contributed by atoms with Gasteiger partial charge in [0.25, 0.3) is 0 Å². The van der Waals surface area contributed by atoms with Crippen molar-refractivity contribution in [3.8, 4) is 5.75 Å². The van der Waals surface area contributed by atoms with E-state index in [4.69, 9.17) is 4.74 Å². The number of hydrogen-bond donors (Lipinski definition) is 3. The summed E-state index contributed by atoms with van der Waals surface area (Å²) < 4.78 is 6.40. The van der Waals surface area contributed by atoms with Gasteiger partial charge in [-0.25, -0.2) is 0 Å². The van der Waals surface area contributed by atoms with E-state index in [1.165, 1.54) is 0 Å². The average Bonchev–Trinajstić information content (AvgIpc) is 2.42. The van der Waals surface area contributed by atoms with Crippen molar-refractivity contribution in [2.75, 3.05) is 26.2 Å². The Kier molecular flexibility index (Phi) is 8.25. The Balaban J connectivity index is 2.11. The predicted octanol–water partition coefficient (Wildman–Crippen LogP) is 1.30. The molecule has 0 aliphatic rings. The molecule has 3 N–H and O–H groups in total. The molecular formula is C14H21BrN2O3. The lowest BCUT2D eigenvalue weighted by molar-refractivity contribution is -0.120. The molecule has 0 fully saturated rings. The van der Waals surface area contributed by atoms with E-state index in [0.717, 1.165) is 4.47 Å². The molecule has 0 saturated carbocycles. The van der Waals surface area contributed by atoms with Gasteiger partial charge in [0.1, 0.15) is 18.5 Å². The van der Waals surface area contributed by atoms with Crippen LogP contribution in [0.5, 0.6) is 5.75 Å². The van der Waals surface area contributed by atoms with Crippen LogP contribution in [0.1, 0.15) is 13.3 Å². The fourth-order valence-corrected chi connectivity index (χ4v) is 1.94. The van der Waals surface area contributed by atoms with E-state index < -0.39 is 6.10 Å². The average molecular weight is 345 g/mol. The SMILES string of the molecule is CCNC(=O)CCNCC(O)COc1cccc(Br)c1. The van der Waals surface area contributed by atoms with Gasteiger partial charge in [0.2, 0.25) is 5.91 Å². The molecular weight excluding hydrogens is 324 g/mol. The Hall–Kier alpha value is -1.11. The van der Waals surface area contributed by atoms with Gasteiger partial charge in [-0.3, -0.25) is 4.79 Å². The largest absolute Gasteiger partial charge is 0.491 e. The molecule has 0 heterocycles. The molecule has 1 aromatic carbocycles. The molecule has 6 heteroatoms. The van der Waals surface area contributed by atoms with Crippen molar-refractivity contribution < 1.29 is 14.6 Å². The van der Waals surface area contributed by atoms with Crippen LogP contribution in [-0.4, -0.2) is 43.4 Å². The zero-order valence-electron chi connectivity index (χ0n) is 11.6. The van der Waals surface area contributed by atoms with Crippen LogP contribution in [0.15, 0.2) is 28.7 Å². The molecule has 0 aliphatic carbocycles. The second-order valence-electron chi connectivity index (χ2n) is 4.33. The summed E-state index contributed by atoms with van der Waals surface area (Å²) in [7, 11) is 0. The second kappa shape index (κ2) is 9.74. The third-order valence-electron chi connectivity index (χ3n) is 2.52. The quantitative estimate of drug-likeness (QED) is 0.590. The van der Waals surface area contributed by atoms with Gasteiger partial charge in [0, 0.05) is 30.5 Å². The lowest BCUT2D eigenvalue weighted by atomic mass is 10.3. The summed E-state index contributed by atoms with van der Waals surface area (Å²) in [5.41, 5.74) is 0. The minimum Gasteiger partial charge on any atom is -0.491 e. The molecule has 1 unspecified atom stereocenters. The summed E-state index contributed by atoms with van der Waals surface area (Å²) in [5.74, 6) is 0.723. The number of ether oxygens (including phenoxy) is 1. The first-order valence-electron chi connectivity index (χ1n) is 6.65. The van der Waals surface area contributed by atoms with E-state index in [1.54, 1.807) is 0 Å². The maximum atomic E-state index is 11.2. The number of nitrogens with one attached hydrogen (secondary N) is 2. The number of rotatable bonds is 9. The maximum Gasteiger partial charge on any atom is 0.221 e. The van der Waals surface area contributed by atoms with Crippen LogP contribution < -0.4 is 15.4 Å². The summed E-state index contributed by atoms with van der Waals surface area (Å²) in [5, 5.41) is 15.5. The summed E-state index contributed by atoms with van der Waals surface area (Å²) in [6.45, 7) is 3.67. The molecule has 0 aromatic heterocycles. The highest BCUT2D eigenvalue weighted by molar-refractivity contribution is 9.10. The van der Waals surface area contributed by atoms with Gasteiger partial charge in [-0.05, 0) is 25.1 Å². The van der Waals surface area contributed by atoms with Crippen molar-refractivity contribution in [1.29, 1.82) is 0 Å². The van der Waals surface area contributed by atoms with E-state index in [2.05, 4.69) is 26.6 Å². The fraction of sp³-hybridized carbons (Fsp3) is 0.500. The lowest BCUT2D eigenvalue weighted by Crippen LogP contribution is -2.34. The van der Waals surface area contributed by atoms with E-state index in [9.17, 15) is 9.90 Å². The molecule has 20 heavy (non-hydrogen) atoms. The number of hydrogen-bond acceptors (Lipinski definition) is 4. The molecule has 1 amide bonds. The normalized spacial score (nSPS) is 11.9. The van der Waals surface area contributed by atoms with Crippen LogP contribution in [-0.2, 0) is 4.79 Å². The van der Waals surface area contributed by atoms with Gasteiger partial charge in [0.15, 0.2) is 0 Å². The van der Waals surface area contributed by atoms with E-state index >= 15 is 0 Å². The monoisotopic (exact) mass is 344 g/mol. The van der Waals surface area contributed by atoms with E-state index in [0.29, 0.717) is 31.8 Å². The van der Waals surface area contributed by atoms with Gasteiger partial charge in [-0.15, -0.1) is 0 Å². The number of carbonyl (C=O) groups is 1. The third kappa shape index (κ3) is 7.47. The standard InChI is InChI=1S/C14H21BrN2O3/c1-2-17-14(19)6-7-16-9-12(18)10-20-13-5-3-4-11(15)8-13/h3-5,8,12,16,18H,2,6-7,9-10H2,1H3,(H,17,19). The number of aliphatic hydroxyl groups is 1. The van der Waals surface area contributed by atoms with Gasteiger partial charge in [-0.1, -0.05) is 22.0 Å². The van der Waals surface area contributed by atoms with Crippen molar-refractivity contribution >= 4 is 21.8 Å². The first kappa shape index (κ1) is 16.9. The first-order chi connectivity index (χ1) is 9.61. The van der Waals surface area contributed by atoms with Crippen LogP contribution >= 0.6 is 15.9 Å². The minimum absolute atomic E-state index is 0.0138. The van der Waals surface area contributed by atoms with Crippen LogP contribution in [0.2, 0.25) is 0 Å². The number of amides is 1. The Labute approximate surface area is 127 Å². The van der Waals surface area contributed by atoms with Crippen molar-refractivity contribution in [2.45, 2.75) is 19.4 Å². The van der Waals surface area contributed by atoms with Crippen LogP contribution in [0, 0.1) is 0 Å². The second-order valence-corrected chi connectivity index (χ2v) is 5.25. The fourth-order valence-electron chi connectivity index (χ4n) is 1.56. The van der Waals surface area contributed by atoms with Crippen LogP contribution in [0.3, 0.4) is 0 Å².